The smallest absolute Gasteiger partial charge is 0.778 e. The van der Waals surface area contributed by atoms with E-state index in [1.54, 1.807) is 35.1 Å². The van der Waals surface area contributed by atoms with Crippen molar-refractivity contribution in [3.05, 3.63) is 259 Å². The van der Waals surface area contributed by atoms with E-state index in [4.69, 9.17) is 60.1 Å². The molecule has 0 saturated carbocycles. The maximum absolute atomic E-state index is 5.20. The first-order valence-electron chi connectivity index (χ1n) is 40.7. The number of hydrogen-bond donors (Lipinski definition) is 0. The summed E-state index contributed by atoms with van der Waals surface area (Å²) in [6.45, 7) is 50.1. The van der Waals surface area contributed by atoms with Crippen LogP contribution >= 0.6 is 22.7 Å². The number of allylic oxidation sites excluding steroid dienone is 4. The van der Waals surface area contributed by atoms with Crippen LogP contribution in [0.2, 0.25) is 0 Å². The van der Waals surface area contributed by atoms with Crippen LogP contribution in [0.15, 0.2) is 223 Å². The van der Waals surface area contributed by atoms with E-state index in [2.05, 4.69) is 256 Å². The molecular formula is C98H124Mg2N8O3S4. The number of rotatable bonds is 20. The zero-order valence-electron chi connectivity index (χ0n) is 72.4. The fourth-order valence-electron chi connectivity index (χ4n) is 12.8. The van der Waals surface area contributed by atoms with Crippen molar-refractivity contribution in [1.29, 1.82) is 0 Å². The molecule has 0 amide bonds. The number of aromatic nitrogens is 2. The van der Waals surface area contributed by atoms with Gasteiger partial charge in [-0.25, -0.2) is 9.97 Å². The summed E-state index contributed by atoms with van der Waals surface area (Å²) in [5.41, 5.74) is 22.6. The molecule has 3 aliphatic rings. The Kier molecular flexibility index (Phi) is 44.8. The molecule has 0 N–H and O–H groups in total. The number of nitrogens with zero attached hydrogens (tertiary/aromatic N) is 8. The summed E-state index contributed by atoms with van der Waals surface area (Å²) in [6.07, 6.45) is 15.4. The first kappa shape index (κ1) is 98.7. The van der Waals surface area contributed by atoms with Crippen molar-refractivity contribution in [3.63, 3.8) is 0 Å². The molecule has 2 aromatic heterocycles. The van der Waals surface area contributed by atoms with E-state index in [1.165, 1.54) is 92.4 Å². The van der Waals surface area contributed by atoms with E-state index in [0.29, 0.717) is 47.3 Å². The van der Waals surface area contributed by atoms with Crippen molar-refractivity contribution >= 4 is 172 Å². The van der Waals surface area contributed by atoms with Gasteiger partial charge in [0.1, 0.15) is 10.0 Å². The number of aliphatic imine (C=N–C) groups is 4. The second-order valence-electron chi connectivity index (χ2n) is 31.1. The quantitative estimate of drug-likeness (QED) is 0.0422. The molecule has 115 heavy (non-hydrogen) atoms. The minimum Gasteiger partial charge on any atom is -0.778 e. The summed E-state index contributed by atoms with van der Waals surface area (Å²) in [6, 6.07) is 57.7. The van der Waals surface area contributed by atoms with Crippen LogP contribution < -0.4 is 0 Å². The maximum Gasteiger partial charge on any atom is 2.00 e. The van der Waals surface area contributed by atoms with E-state index >= 15 is 0 Å². The van der Waals surface area contributed by atoms with E-state index < -0.39 is 0 Å². The maximum atomic E-state index is 5.20. The van der Waals surface area contributed by atoms with Crippen molar-refractivity contribution < 1.29 is 14.2 Å². The third kappa shape index (κ3) is 32.8. The molecule has 13 rings (SSSR count). The number of hydrogen-bond acceptors (Lipinski definition) is 13. The molecule has 5 heterocycles. The van der Waals surface area contributed by atoms with Gasteiger partial charge in [0.2, 0.25) is 0 Å². The molecule has 17 heteroatoms. The fraction of sp³-hybridized carbons (Fsp3) is 0.408. The number of ether oxygens (including phenoxy) is 3. The van der Waals surface area contributed by atoms with Crippen LogP contribution in [0.3, 0.4) is 0 Å². The molecule has 0 atom stereocenters. The zero-order chi connectivity index (χ0) is 81.9. The van der Waals surface area contributed by atoms with Gasteiger partial charge in [0.05, 0.1) is 44.2 Å². The molecule has 3 fully saturated rings. The van der Waals surface area contributed by atoms with Crippen LogP contribution in [0.4, 0.5) is 34.1 Å². The zero-order valence-corrected chi connectivity index (χ0v) is 78.5. The van der Waals surface area contributed by atoms with Gasteiger partial charge in [-0.3, -0.25) is 20.0 Å². The van der Waals surface area contributed by atoms with Gasteiger partial charge >= 0.3 is 46.1 Å². The van der Waals surface area contributed by atoms with E-state index in [0.717, 1.165) is 127 Å². The van der Waals surface area contributed by atoms with E-state index in [1.807, 2.05) is 84.9 Å². The van der Waals surface area contributed by atoms with Gasteiger partial charge in [-0.2, -0.15) is 11.4 Å². The van der Waals surface area contributed by atoms with Gasteiger partial charge in [0, 0.05) is 62.4 Å². The predicted octanol–water partition coefficient (Wildman–Crippen LogP) is 29.3. The van der Waals surface area contributed by atoms with Crippen LogP contribution in [0.1, 0.15) is 279 Å². The van der Waals surface area contributed by atoms with Crippen molar-refractivity contribution in [2.75, 3.05) is 39.6 Å². The van der Waals surface area contributed by atoms with Crippen molar-refractivity contribution in [2.45, 2.75) is 234 Å². The third-order valence-electron chi connectivity index (χ3n) is 18.8. The monoisotopic (exact) mass is 1640 g/mol. The van der Waals surface area contributed by atoms with Gasteiger partial charge in [-0.15, -0.1) is 43.8 Å². The van der Waals surface area contributed by atoms with Gasteiger partial charge in [-0.1, -0.05) is 292 Å². The molecule has 10 aromatic rings. The Hall–Kier alpha value is -6.85. The van der Waals surface area contributed by atoms with Crippen molar-refractivity contribution in [1.82, 2.24) is 9.97 Å². The van der Waals surface area contributed by atoms with Crippen molar-refractivity contribution in [3.8, 4) is 0 Å². The molecule has 8 aromatic carbocycles. The van der Waals surface area contributed by atoms with Gasteiger partial charge in [0.25, 0.3) is 0 Å². The summed E-state index contributed by atoms with van der Waals surface area (Å²) < 4.78 is 17.2. The minimum absolute atomic E-state index is 0. The Morgan fingerprint density at radius 3 is 0.843 bits per heavy atom. The Bertz CT molecular complexity index is 4260. The van der Waals surface area contributed by atoms with Gasteiger partial charge < -0.3 is 50.1 Å². The molecule has 3 aliphatic heterocycles. The normalized spacial score (nSPS) is 13.7. The Morgan fingerprint density at radius 2 is 0.600 bits per heavy atom. The van der Waals surface area contributed by atoms with E-state index in [-0.39, 0.29) is 46.1 Å². The summed E-state index contributed by atoms with van der Waals surface area (Å²) in [4.78, 5) is 29.4. The van der Waals surface area contributed by atoms with Crippen LogP contribution in [-0.4, -0.2) is 120 Å². The predicted molar refractivity (Wildman–Crippen MR) is 507 cm³/mol. The first-order valence-corrected chi connectivity index (χ1v) is 43.1. The van der Waals surface area contributed by atoms with Crippen LogP contribution in [-0.2, 0) is 39.5 Å². The second kappa shape index (κ2) is 52.2. The SMILES string of the molecule is C1CCOC1.C1CCOC1.C1CCOC1.CC(/C=C(/C)[N-]c1c(C(C)C)cccc1C(C)C)=Nc1c(C(C)C)cccc1C(C)C.CC(/C=C(/C)[N-]c1c(C(C)C)cccc1C(C)C)=Nc1c(C(C)C)cccc1C(C)C.[Mg+2].[Mg+2].[S-]c1ccccc1N=Cc1nc2ccccc2s1.[S-]c1ccccc1N=Cc1nc2ccccc2s1. The number of thiazole rings is 2. The van der Waals surface area contributed by atoms with Crippen LogP contribution in [0.5, 0.6) is 0 Å². The third-order valence-corrected chi connectivity index (χ3v) is 21.5. The average molecular weight is 1640 g/mol. The molecule has 11 nitrogen and oxygen atoms in total. The molecule has 0 bridgehead atoms. The number of benzene rings is 8. The minimum atomic E-state index is 0. The largest absolute Gasteiger partial charge is 2.00 e. The summed E-state index contributed by atoms with van der Waals surface area (Å²) in [5, 5.41) is 12.0. The van der Waals surface area contributed by atoms with Gasteiger partial charge in [0.15, 0.2) is 0 Å². The Balaban J connectivity index is 0.000000260. The Morgan fingerprint density at radius 1 is 0.348 bits per heavy atom. The molecule has 602 valence electrons. The number of fused-ring (bicyclic) bond motifs is 2. The van der Waals surface area contributed by atoms with Crippen molar-refractivity contribution in [2.24, 2.45) is 20.0 Å². The molecule has 0 radical (unpaired) electrons. The molecular weight excluding hydrogens is 1510 g/mol. The molecule has 0 unspecified atom stereocenters. The van der Waals surface area contributed by atoms with Crippen LogP contribution in [0.25, 0.3) is 31.1 Å². The van der Waals surface area contributed by atoms with Crippen LogP contribution in [0, 0.1) is 0 Å². The fourth-order valence-corrected chi connectivity index (χ4v) is 14.9. The van der Waals surface area contributed by atoms with E-state index in [9.17, 15) is 0 Å². The standard InChI is InChI=1S/2C29H41N2.2C14H10N2S2.3C4H8O.2Mg/c2*1-18(2)24-13-11-14-25(19(3)4)28(24)30-22(9)17-23(10)31-29-26(20(5)6)15-12-16-27(29)21(7)8;2*17-12-7-3-1-5-10(12)15-9-14-16-11-6-2-4-8-13(11)18-14;3*1-2-4-5-3-1;;/h2*11-21H,1-10H3;2*1-9,17H;3*1-4H2;;/q2*-1;;;;;;2*+2/p-2/b2*22-17-,31-23?;;;;;;;. The summed E-state index contributed by atoms with van der Waals surface area (Å²) in [7, 11) is 0. The Labute approximate surface area is 742 Å². The summed E-state index contributed by atoms with van der Waals surface area (Å²) >= 11 is 13.7. The molecule has 3 saturated heterocycles. The molecule has 0 spiro atoms. The van der Waals surface area contributed by atoms with Gasteiger partial charge in [-0.05, 0) is 158 Å². The second-order valence-corrected chi connectivity index (χ2v) is 34.1. The number of para-hydroxylation sites is 8. The summed E-state index contributed by atoms with van der Waals surface area (Å²) in [5.74, 6) is 3.49. The average Bonchev–Trinajstić information content (AvgIpc) is 1.80. The topological polar surface area (TPSA) is 131 Å². The first-order chi connectivity index (χ1) is 54.2. The molecule has 0 aliphatic carbocycles.